The van der Waals surface area contributed by atoms with Gasteiger partial charge in [0.05, 0.1) is 23.9 Å². The summed E-state index contributed by atoms with van der Waals surface area (Å²) in [7, 11) is 1.22. The molecule has 2 N–H and O–H groups in total. The maximum atomic E-state index is 13.5. The minimum Gasteiger partial charge on any atom is -0.506 e. The van der Waals surface area contributed by atoms with Crippen molar-refractivity contribution in [2.45, 2.75) is 0 Å². The van der Waals surface area contributed by atoms with Gasteiger partial charge in [-0.25, -0.2) is 9.18 Å². The molecule has 0 aromatic heterocycles. The highest BCUT2D eigenvalue weighted by atomic mass is 19.1. The van der Waals surface area contributed by atoms with Crippen molar-refractivity contribution in [2.24, 2.45) is 0 Å². The standard InChI is InChI=1S/C15H12FNO4/c1-21-15(20)9-6-7-12(13(18)8-9)17-14(19)10-4-2-3-5-11(10)16/h2-8,18H,1H3,(H,17,19). The van der Waals surface area contributed by atoms with E-state index in [9.17, 15) is 19.1 Å². The first-order chi connectivity index (χ1) is 10.0. The van der Waals surface area contributed by atoms with Gasteiger partial charge in [-0.1, -0.05) is 12.1 Å². The number of carbonyl (C=O) groups is 2. The van der Waals surface area contributed by atoms with Crippen molar-refractivity contribution < 1.29 is 23.8 Å². The van der Waals surface area contributed by atoms with Crippen LogP contribution in [0.1, 0.15) is 20.7 Å². The number of rotatable bonds is 3. The van der Waals surface area contributed by atoms with Crippen LogP contribution < -0.4 is 5.32 Å². The molecule has 108 valence electrons. The molecule has 0 aliphatic rings. The molecule has 0 aliphatic heterocycles. The van der Waals surface area contributed by atoms with E-state index in [1.165, 1.54) is 37.4 Å². The average Bonchev–Trinajstić information content (AvgIpc) is 2.48. The molecular weight excluding hydrogens is 277 g/mol. The highest BCUT2D eigenvalue weighted by molar-refractivity contribution is 6.05. The zero-order chi connectivity index (χ0) is 15.4. The van der Waals surface area contributed by atoms with Gasteiger partial charge in [-0.15, -0.1) is 0 Å². The monoisotopic (exact) mass is 289 g/mol. The van der Waals surface area contributed by atoms with E-state index in [0.29, 0.717) is 0 Å². The summed E-state index contributed by atoms with van der Waals surface area (Å²) >= 11 is 0. The molecule has 5 nitrogen and oxygen atoms in total. The van der Waals surface area contributed by atoms with Gasteiger partial charge in [0.25, 0.3) is 5.91 Å². The summed E-state index contributed by atoms with van der Waals surface area (Å²) in [5.74, 6) is -2.30. The number of hydrogen-bond donors (Lipinski definition) is 2. The van der Waals surface area contributed by atoms with Gasteiger partial charge in [-0.05, 0) is 30.3 Å². The van der Waals surface area contributed by atoms with Gasteiger partial charge in [-0.3, -0.25) is 4.79 Å². The van der Waals surface area contributed by atoms with E-state index in [1.807, 2.05) is 0 Å². The topological polar surface area (TPSA) is 75.6 Å². The number of nitrogens with one attached hydrogen (secondary N) is 1. The van der Waals surface area contributed by atoms with Crippen LogP contribution in [0.2, 0.25) is 0 Å². The summed E-state index contributed by atoms with van der Waals surface area (Å²) in [6.45, 7) is 0. The Bertz CT molecular complexity index is 700. The number of phenols is 1. The lowest BCUT2D eigenvalue weighted by Gasteiger charge is -2.09. The van der Waals surface area contributed by atoms with Gasteiger partial charge in [0, 0.05) is 0 Å². The Morgan fingerprint density at radius 3 is 2.52 bits per heavy atom. The Hall–Kier alpha value is -2.89. The maximum Gasteiger partial charge on any atom is 0.337 e. The fraction of sp³-hybridized carbons (Fsp3) is 0.0667. The fourth-order valence-corrected chi connectivity index (χ4v) is 1.72. The van der Waals surface area contributed by atoms with Gasteiger partial charge in [-0.2, -0.15) is 0 Å². The van der Waals surface area contributed by atoms with Crippen LogP contribution in [0, 0.1) is 5.82 Å². The second-order valence-electron chi connectivity index (χ2n) is 4.16. The van der Waals surface area contributed by atoms with Crippen molar-refractivity contribution in [1.29, 1.82) is 0 Å². The Labute approximate surface area is 120 Å². The molecule has 0 radical (unpaired) electrons. The van der Waals surface area contributed by atoms with Crippen molar-refractivity contribution in [2.75, 3.05) is 12.4 Å². The normalized spacial score (nSPS) is 10.0. The first kappa shape index (κ1) is 14.5. The second kappa shape index (κ2) is 6.04. The third kappa shape index (κ3) is 3.17. The second-order valence-corrected chi connectivity index (χ2v) is 4.16. The quantitative estimate of drug-likeness (QED) is 0.672. The summed E-state index contributed by atoms with van der Waals surface area (Å²) < 4.78 is 18.0. The van der Waals surface area contributed by atoms with Crippen LogP contribution in [-0.2, 0) is 4.74 Å². The molecule has 2 aromatic rings. The molecule has 0 atom stereocenters. The first-order valence-electron chi connectivity index (χ1n) is 6.00. The molecule has 0 saturated heterocycles. The van der Waals surface area contributed by atoms with Crippen LogP contribution in [0.15, 0.2) is 42.5 Å². The number of ether oxygens (including phenoxy) is 1. The number of anilines is 1. The van der Waals surface area contributed by atoms with Crippen LogP contribution in [0.5, 0.6) is 5.75 Å². The molecule has 0 aliphatic carbocycles. The zero-order valence-corrected chi connectivity index (χ0v) is 11.1. The number of carbonyl (C=O) groups excluding carboxylic acids is 2. The summed E-state index contributed by atoms with van der Waals surface area (Å²) in [4.78, 5) is 23.2. The lowest BCUT2D eigenvalue weighted by Crippen LogP contribution is -2.14. The lowest BCUT2D eigenvalue weighted by atomic mass is 10.1. The lowest BCUT2D eigenvalue weighted by molar-refractivity contribution is 0.0600. The average molecular weight is 289 g/mol. The highest BCUT2D eigenvalue weighted by Gasteiger charge is 2.14. The molecular formula is C15H12FNO4. The van der Waals surface area contributed by atoms with E-state index < -0.39 is 17.7 Å². The number of amides is 1. The molecule has 21 heavy (non-hydrogen) atoms. The van der Waals surface area contributed by atoms with Gasteiger partial charge < -0.3 is 15.2 Å². The molecule has 0 heterocycles. The van der Waals surface area contributed by atoms with E-state index >= 15 is 0 Å². The Morgan fingerprint density at radius 2 is 1.90 bits per heavy atom. The smallest absolute Gasteiger partial charge is 0.337 e. The number of phenolic OH excluding ortho intramolecular Hbond substituents is 1. The molecule has 0 saturated carbocycles. The summed E-state index contributed by atoms with van der Waals surface area (Å²) in [6, 6.07) is 9.35. The molecule has 0 unspecified atom stereocenters. The Balaban J connectivity index is 2.22. The SMILES string of the molecule is COC(=O)c1ccc(NC(=O)c2ccccc2F)c(O)c1. The van der Waals surface area contributed by atoms with Crippen molar-refractivity contribution in [3.8, 4) is 5.75 Å². The van der Waals surface area contributed by atoms with Crippen LogP contribution in [0.25, 0.3) is 0 Å². The predicted molar refractivity (Wildman–Crippen MR) is 73.8 cm³/mol. The van der Waals surface area contributed by atoms with Gasteiger partial charge >= 0.3 is 5.97 Å². The van der Waals surface area contributed by atoms with E-state index in [-0.39, 0.29) is 22.6 Å². The molecule has 2 rings (SSSR count). The van der Waals surface area contributed by atoms with Gasteiger partial charge in [0.15, 0.2) is 0 Å². The third-order valence-electron chi connectivity index (χ3n) is 2.79. The number of esters is 1. The summed E-state index contributed by atoms with van der Waals surface area (Å²) in [5.41, 5.74) is 0.0590. The number of halogens is 1. The first-order valence-corrected chi connectivity index (χ1v) is 6.00. The molecule has 2 aromatic carbocycles. The molecule has 0 bridgehead atoms. The highest BCUT2D eigenvalue weighted by Crippen LogP contribution is 2.25. The van der Waals surface area contributed by atoms with Crippen molar-refractivity contribution in [3.05, 3.63) is 59.4 Å². The molecule has 0 spiro atoms. The molecule has 6 heteroatoms. The van der Waals surface area contributed by atoms with Crippen LogP contribution >= 0.6 is 0 Å². The number of hydrogen-bond acceptors (Lipinski definition) is 4. The van der Waals surface area contributed by atoms with Crippen LogP contribution in [-0.4, -0.2) is 24.1 Å². The zero-order valence-electron chi connectivity index (χ0n) is 11.1. The van der Waals surface area contributed by atoms with E-state index in [2.05, 4.69) is 10.1 Å². The minimum atomic E-state index is -0.700. The largest absolute Gasteiger partial charge is 0.506 e. The van der Waals surface area contributed by atoms with Crippen LogP contribution in [0.3, 0.4) is 0 Å². The van der Waals surface area contributed by atoms with E-state index in [1.54, 1.807) is 0 Å². The summed E-state index contributed by atoms with van der Waals surface area (Å²) in [6.07, 6.45) is 0. The van der Waals surface area contributed by atoms with Gasteiger partial charge in [0.2, 0.25) is 0 Å². The van der Waals surface area contributed by atoms with E-state index in [0.717, 1.165) is 12.1 Å². The molecule has 0 fully saturated rings. The Morgan fingerprint density at radius 1 is 1.19 bits per heavy atom. The number of methoxy groups -OCH3 is 1. The van der Waals surface area contributed by atoms with E-state index in [4.69, 9.17) is 0 Å². The minimum absolute atomic E-state index is 0.0657. The van der Waals surface area contributed by atoms with Crippen LogP contribution in [0.4, 0.5) is 10.1 Å². The maximum absolute atomic E-state index is 13.5. The Kier molecular flexibility index (Phi) is 4.18. The summed E-state index contributed by atoms with van der Waals surface area (Å²) in [5, 5.41) is 12.2. The third-order valence-corrected chi connectivity index (χ3v) is 2.79. The van der Waals surface area contributed by atoms with Crippen molar-refractivity contribution >= 4 is 17.6 Å². The van der Waals surface area contributed by atoms with Crippen molar-refractivity contribution in [1.82, 2.24) is 0 Å². The van der Waals surface area contributed by atoms with Crippen molar-refractivity contribution in [3.63, 3.8) is 0 Å². The number of benzene rings is 2. The molecule has 1 amide bonds. The number of aromatic hydroxyl groups is 1. The van der Waals surface area contributed by atoms with Gasteiger partial charge in [0.1, 0.15) is 11.6 Å². The predicted octanol–water partition coefficient (Wildman–Crippen LogP) is 2.57. The fourth-order valence-electron chi connectivity index (χ4n) is 1.72.